The summed E-state index contributed by atoms with van der Waals surface area (Å²) in [4.78, 5) is 85.5. The van der Waals surface area contributed by atoms with E-state index < -0.39 is 6.61 Å². The number of halogens is 3. The van der Waals surface area contributed by atoms with Gasteiger partial charge in [-0.2, -0.15) is 0 Å². The number of benzene rings is 3. The number of pyridine rings is 6. The molecule has 3 aliphatic rings. The molecule has 0 aliphatic carbocycles. The minimum atomic E-state index is -0.474. The Morgan fingerprint density at radius 2 is 0.806 bits per heavy atom. The molecule has 3 aliphatic heterocycles. The van der Waals surface area contributed by atoms with Gasteiger partial charge in [-0.15, -0.1) is 0 Å². The number of nitrogens with zero attached hydrogens (tertiary/aromatic N) is 10. The Kier molecular flexibility index (Phi) is 22.4. The standard InChI is InChI=1S/C24H24ClN5O3.2C23H24ClN5O/c1-16-18(6-8-22(27-16)29-10-12-30(13-11-29)23(32)15-31)24(33)28-17-5-7-20(25)19(14-17)21-4-2-3-9-26-21;2*1-15-14-29(12-11-25-15)22-9-7-18(16(2)27-22)23(30)28-17-6-8-20(24)19(13-17)21-5-3-4-10-26-21/h2-9,14,31H,10-13,15H2,1H3,(H,28,33);2*3-10,13,15,25H,11-12,14H2,1-2H3,(H,28,30)/t;15-;/m.1./s1. The van der Waals surface area contributed by atoms with Gasteiger partial charge in [-0.05, 0) is 162 Å². The SMILES string of the molecule is Cc1nc(N2CCN(C(=O)CO)CC2)ccc1C(=O)Nc1ccc(Cl)c(-c2ccccn2)c1.Cc1nc(N2CCNC(C)C2)ccc1C(=O)Nc1ccc(Cl)c(-c2ccccn2)c1.Cc1nc(N2CCN[C@H](C)C2)ccc1C(=O)Nc1ccc(Cl)c(-c2ccccn2)c1. The maximum Gasteiger partial charge on any atom is 0.257 e. The fourth-order valence-electron chi connectivity index (χ4n) is 11.0. The number of aliphatic hydroxyl groups excluding tert-OH is 1. The average Bonchev–Trinajstić information content (AvgIpc) is 1.14. The monoisotopic (exact) mass is 1310 g/mol. The number of anilines is 6. The molecule has 1 unspecified atom stereocenters. The fraction of sp³-hybridized carbons (Fsp3) is 0.257. The first kappa shape index (κ1) is 66.5. The van der Waals surface area contributed by atoms with Gasteiger partial charge in [0.1, 0.15) is 24.1 Å². The number of hydrogen-bond donors (Lipinski definition) is 6. The van der Waals surface area contributed by atoms with Gasteiger partial charge in [-0.1, -0.05) is 53.0 Å². The van der Waals surface area contributed by atoms with Gasteiger partial charge < -0.3 is 51.3 Å². The van der Waals surface area contributed by atoms with Crippen molar-refractivity contribution in [1.82, 2.24) is 45.4 Å². The highest BCUT2D eigenvalue weighted by Crippen LogP contribution is 2.33. The molecule has 20 nitrogen and oxygen atoms in total. The summed E-state index contributed by atoms with van der Waals surface area (Å²) in [6, 6.07) is 44.8. The highest BCUT2D eigenvalue weighted by atomic mass is 35.5. The van der Waals surface area contributed by atoms with Crippen molar-refractivity contribution < 1.29 is 24.3 Å². The van der Waals surface area contributed by atoms with E-state index in [0.717, 1.165) is 90.5 Å². The Hall–Kier alpha value is -9.41. The second-order valence-corrected chi connectivity index (χ2v) is 23.8. The Morgan fingerprint density at radius 1 is 0.462 bits per heavy atom. The van der Waals surface area contributed by atoms with Crippen molar-refractivity contribution in [3.63, 3.8) is 0 Å². The van der Waals surface area contributed by atoms with E-state index in [2.05, 4.69) is 85.0 Å². The summed E-state index contributed by atoms with van der Waals surface area (Å²) >= 11 is 19.0. The minimum Gasteiger partial charge on any atom is -0.387 e. The molecule has 9 heterocycles. The van der Waals surface area contributed by atoms with Crippen LogP contribution in [-0.4, -0.2) is 148 Å². The second kappa shape index (κ2) is 31.3. The van der Waals surface area contributed by atoms with Gasteiger partial charge in [-0.25, -0.2) is 15.0 Å². The first-order chi connectivity index (χ1) is 45.0. The van der Waals surface area contributed by atoms with Crippen LogP contribution in [0.2, 0.25) is 15.1 Å². The maximum atomic E-state index is 12.9. The molecule has 4 amide bonds. The van der Waals surface area contributed by atoms with Crippen LogP contribution < -0.4 is 41.3 Å². The topological polar surface area (TPSA) is 239 Å². The predicted molar refractivity (Wildman–Crippen MR) is 370 cm³/mol. The first-order valence-electron chi connectivity index (χ1n) is 30.6. The summed E-state index contributed by atoms with van der Waals surface area (Å²) in [6.45, 7) is 17.1. The third-order valence-electron chi connectivity index (χ3n) is 15.9. The summed E-state index contributed by atoms with van der Waals surface area (Å²) in [5.74, 6) is 1.63. The molecule has 0 radical (unpaired) electrons. The lowest BCUT2D eigenvalue weighted by molar-refractivity contribution is -0.134. The van der Waals surface area contributed by atoms with Crippen molar-refractivity contribution in [3.8, 4) is 33.8 Å². The molecular weight excluding hydrogens is 1240 g/mol. The van der Waals surface area contributed by atoms with Crippen LogP contribution in [0.1, 0.15) is 62.0 Å². The van der Waals surface area contributed by atoms with E-state index in [1.165, 1.54) is 0 Å². The molecule has 3 saturated heterocycles. The number of amides is 4. The highest BCUT2D eigenvalue weighted by Gasteiger charge is 2.25. The number of rotatable bonds is 13. The number of nitrogens with one attached hydrogen (secondary N) is 5. The number of aliphatic hydroxyl groups is 1. The van der Waals surface area contributed by atoms with Crippen LogP contribution >= 0.6 is 34.8 Å². The van der Waals surface area contributed by atoms with Crippen molar-refractivity contribution in [1.29, 1.82) is 0 Å². The molecule has 93 heavy (non-hydrogen) atoms. The maximum absolute atomic E-state index is 12.9. The van der Waals surface area contributed by atoms with Crippen LogP contribution in [0.3, 0.4) is 0 Å². The number of piperazine rings is 3. The molecule has 3 aromatic carbocycles. The zero-order valence-electron chi connectivity index (χ0n) is 52.2. The number of carbonyl (C=O) groups excluding carboxylic acids is 4. The molecule has 3 fully saturated rings. The summed E-state index contributed by atoms with van der Waals surface area (Å²) < 4.78 is 0. The lowest BCUT2D eigenvalue weighted by Crippen LogP contribution is -2.49. The van der Waals surface area contributed by atoms with E-state index in [9.17, 15) is 19.2 Å². The van der Waals surface area contributed by atoms with Gasteiger partial charge in [-0.3, -0.25) is 34.1 Å². The quantitative estimate of drug-likeness (QED) is 0.0629. The zero-order chi connectivity index (χ0) is 65.5. The largest absolute Gasteiger partial charge is 0.387 e. The van der Waals surface area contributed by atoms with Gasteiger partial charge in [0.05, 0.1) is 65.9 Å². The predicted octanol–water partition coefficient (Wildman–Crippen LogP) is 11.3. The summed E-state index contributed by atoms with van der Waals surface area (Å²) in [5.41, 5.74) is 10.0. The van der Waals surface area contributed by atoms with E-state index in [1.807, 2.05) is 111 Å². The van der Waals surface area contributed by atoms with Crippen molar-refractivity contribution in [3.05, 3.63) is 213 Å². The molecule has 9 aromatic rings. The third-order valence-corrected chi connectivity index (χ3v) is 16.9. The molecular formula is C70H72Cl3N15O5. The molecule has 12 rings (SSSR count). The van der Waals surface area contributed by atoms with E-state index in [-0.39, 0.29) is 23.6 Å². The molecule has 23 heteroatoms. The van der Waals surface area contributed by atoms with Crippen molar-refractivity contribution in [2.24, 2.45) is 0 Å². The van der Waals surface area contributed by atoms with Crippen LogP contribution in [0.5, 0.6) is 0 Å². The van der Waals surface area contributed by atoms with E-state index in [4.69, 9.17) is 39.9 Å². The lowest BCUT2D eigenvalue weighted by Gasteiger charge is -2.35. The molecule has 0 saturated carbocycles. The molecule has 2 atom stereocenters. The van der Waals surface area contributed by atoms with Crippen LogP contribution in [0, 0.1) is 20.8 Å². The Bertz CT molecular complexity index is 3940. The van der Waals surface area contributed by atoms with Gasteiger partial charge in [0.2, 0.25) is 5.91 Å². The van der Waals surface area contributed by atoms with Crippen molar-refractivity contribution in [2.75, 3.05) is 103 Å². The van der Waals surface area contributed by atoms with Gasteiger partial charge in [0.15, 0.2) is 0 Å². The highest BCUT2D eigenvalue weighted by molar-refractivity contribution is 6.34. The van der Waals surface area contributed by atoms with Gasteiger partial charge in [0.25, 0.3) is 17.7 Å². The number of carbonyl (C=O) groups is 4. The molecule has 6 aromatic heterocycles. The molecule has 478 valence electrons. The van der Waals surface area contributed by atoms with Crippen molar-refractivity contribution >= 4 is 92.9 Å². The molecule has 0 spiro atoms. The fourth-order valence-corrected chi connectivity index (χ4v) is 11.7. The lowest BCUT2D eigenvalue weighted by atomic mass is 10.1. The second-order valence-electron chi connectivity index (χ2n) is 22.6. The number of aryl methyl sites for hydroxylation is 3. The Labute approximate surface area is 555 Å². The van der Waals surface area contributed by atoms with Crippen LogP contribution in [0.25, 0.3) is 33.8 Å². The van der Waals surface area contributed by atoms with E-state index in [0.29, 0.717) is 104 Å². The molecule has 0 bridgehead atoms. The Morgan fingerprint density at radius 3 is 1.11 bits per heavy atom. The van der Waals surface area contributed by atoms with Crippen LogP contribution in [0.15, 0.2) is 164 Å². The average molecular weight is 1310 g/mol. The summed E-state index contributed by atoms with van der Waals surface area (Å²) in [5, 5.41) is 26.4. The summed E-state index contributed by atoms with van der Waals surface area (Å²) in [7, 11) is 0. The minimum absolute atomic E-state index is 0.200. The summed E-state index contributed by atoms with van der Waals surface area (Å²) in [6.07, 6.45) is 5.12. The first-order valence-corrected chi connectivity index (χ1v) is 31.7. The number of aromatic nitrogens is 6. The zero-order valence-corrected chi connectivity index (χ0v) is 54.5. The third kappa shape index (κ3) is 17.2. The van der Waals surface area contributed by atoms with E-state index >= 15 is 0 Å². The molecule has 6 N–H and O–H groups in total. The Balaban J connectivity index is 0.000000153. The van der Waals surface area contributed by atoms with E-state index in [1.54, 1.807) is 78.9 Å². The van der Waals surface area contributed by atoms with Gasteiger partial charge in [0, 0.05) is 130 Å². The van der Waals surface area contributed by atoms with Crippen molar-refractivity contribution in [2.45, 2.75) is 46.7 Å². The van der Waals surface area contributed by atoms with Gasteiger partial charge >= 0.3 is 0 Å². The normalized spacial score (nSPS) is 15.4. The smallest absolute Gasteiger partial charge is 0.257 e. The van der Waals surface area contributed by atoms with Crippen LogP contribution in [-0.2, 0) is 4.79 Å². The van der Waals surface area contributed by atoms with Crippen LogP contribution in [0.4, 0.5) is 34.5 Å². The number of hydrogen-bond acceptors (Lipinski definition) is 16.